The molecule has 13 nitrogen and oxygen atoms in total. The van der Waals surface area contributed by atoms with Crippen molar-refractivity contribution in [3.8, 4) is 57.5 Å². The lowest BCUT2D eigenvalue weighted by molar-refractivity contribution is -0.138. The minimum absolute atomic E-state index is 0.177. The van der Waals surface area contributed by atoms with Gasteiger partial charge in [-0.15, -0.1) is 0 Å². The second kappa shape index (κ2) is 13.4. The van der Waals surface area contributed by atoms with Crippen LogP contribution in [0.4, 0.5) is 0 Å². The van der Waals surface area contributed by atoms with Crippen molar-refractivity contribution in [2.45, 2.75) is 16.6 Å². The number of ether oxygens (including phenoxy) is 10. The summed E-state index contributed by atoms with van der Waals surface area (Å²) in [5.41, 5.74) is -6.57. The van der Waals surface area contributed by atoms with E-state index in [-0.39, 0.29) is 56.6 Å². The molecule has 302 valence electrons. The first-order valence-corrected chi connectivity index (χ1v) is 18.2. The fraction of sp³-hybridized carbons (Fsp3) is 0.311. The van der Waals surface area contributed by atoms with E-state index in [1.807, 2.05) is 0 Å². The highest BCUT2D eigenvalue weighted by atomic mass is 16.5. The van der Waals surface area contributed by atoms with Crippen molar-refractivity contribution in [1.82, 2.24) is 0 Å². The first-order valence-electron chi connectivity index (χ1n) is 18.2. The zero-order valence-electron chi connectivity index (χ0n) is 33.8. The lowest BCUT2D eigenvalue weighted by atomic mass is 9.51. The molecule has 0 radical (unpaired) electrons. The van der Waals surface area contributed by atoms with Crippen molar-refractivity contribution in [2.24, 2.45) is 5.41 Å². The molecule has 58 heavy (non-hydrogen) atoms. The van der Waals surface area contributed by atoms with Crippen molar-refractivity contribution >= 4 is 5.78 Å². The summed E-state index contributed by atoms with van der Waals surface area (Å²) >= 11 is 0. The van der Waals surface area contributed by atoms with E-state index in [1.165, 1.54) is 71.1 Å². The molecule has 3 aliphatic carbocycles. The number of aliphatic hydroxyl groups is 2. The molecule has 0 amide bonds. The normalized spacial score (nSPS) is 23.1. The Labute approximate surface area is 335 Å². The van der Waals surface area contributed by atoms with Crippen LogP contribution in [-0.4, -0.2) is 87.1 Å². The highest BCUT2D eigenvalue weighted by Gasteiger charge is 2.89. The molecule has 0 fully saturated rings. The maximum absolute atomic E-state index is 16.6. The summed E-state index contributed by atoms with van der Waals surface area (Å²) in [6.07, 6.45) is 0. The van der Waals surface area contributed by atoms with Crippen LogP contribution in [-0.2, 0) is 16.6 Å². The molecule has 2 N–H and O–H groups in total. The van der Waals surface area contributed by atoms with E-state index in [9.17, 15) is 10.2 Å². The van der Waals surface area contributed by atoms with E-state index in [0.29, 0.717) is 45.4 Å². The SMILES string of the molecule is COc1ccc([C@@]2(O)c3cc(OC)c(OC)cc3C34c5cc(OC)c(OC)cc5C(=O)C32[C@](O)(c2ccc(OC)c(OC)c2)c2cc(OC)c(OC)cc24)cc1OC. The Balaban J connectivity index is 1.71. The summed E-state index contributed by atoms with van der Waals surface area (Å²) in [4.78, 5) is 16.6. The molecule has 0 heterocycles. The van der Waals surface area contributed by atoms with Crippen molar-refractivity contribution < 1.29 is 62.4 Å². The average Bonchev–Trinajstić information content (AvgIpc) is 3.73. The van der Waals surface area contributed by atoms with E-state index in [1.54, 1.807) is 72.8 Å². The number of rotatable bonds is 12. The van der Waals surface area contributed by atoms with Gasteiger partial charge in [0.1, 0.15) is 16.6 Å². The Morgan fingerprint density at radius 2 is 0.655 bits per heavy atom. The van der Waals surface area contributed by atoms with Gasteiger partial charge in [0.05, 0.1) is 76.5 Å². The number of Topliss-reactive ketones (excluding diaryl/α,β-unsaturated/α-hetero) is 1. The second-order valence-corrected chi connectivity index (χ2v) is 14.1. The van der Waals surface area contributed by atoms with Crippen molar-refractivity contribution in [1.29, 1.82) is 0 Å². The topological polar surface area (TPSA) is 150 Å². The minimum atomic E-state index is -2.43. The maximum Gasteiger partial charge on any atom is 0.178 e. The molecule has 0 aromatic heterocycles. The molecular formula is C45H44O13. The summed E-state index contributed by atoms with van der Waals surface area (Å²) in [7, 11) is 14.9. The highest BCUT2D eigenvalue weighted by Crippen LogP contribution is 2.83. The van der Waals surface area contributed by atoms with Gasteiger partial charge in [0.15, 0.2) is 63.3 Å². The quantitative estimate of drug-likeness (QED) is 0.157. The van der Waals surface area contributed by atoms with Crippen LogP contribution < -0.4 is 47.4 Å². The third kappa shape index (κ3) is 4.24. The molecule has 0 saturated carbocycles. The van der Waals surface area contributed by atoms with Gasteiger partial charge in [-0.25, -0.2) is 0 Å². The van der Waals surface area contributed by atoms with Gasteiger partial charge in [-0.05, 0) is 99.6 Å². The van der Waals surface area contributed by atoms with Gasteiger partial charge in [0.25, 0.3) is 0 Å². The number of ketones is 1. The smallest absolute Gasteiger partial charge is 0.178 e. The number of methoxy groups -OCH3 is 10. The third-order valence-electron chi connectivity index (χ3n) is 12.4. The lowest BCUT2D eigenvalue weighted by Crippen LogP contribution is -2.63. The fourth-order valence-electron chi connectivity index (χ4n) is 10.2. The van der Waals surface area contributed by atoms with Gasteiger partial charge >= 0.3 is 0 Å². The summed E-state index contributed by atoms with van der Waals surface area (Å²) in [6, 6.07) is 20.0. The lowest BCUT2D eigenvalue weighted by Gasteiger charge is -2.51. The van der Waals surface area contributed by atoms with Gasteiger partial charge in [0.2, 0.25) is 0 Å². The first-order chi connectivity index (χ1) is 28.0. The molecule has 0 bridgehead atoms. The standard InChI is InChI=1S/C45H44O13/c1-49-31-13-11-23(15-33(31)51-3)43(47)29-21-39(57-9)37(55-7)19-27(29)42-26-18-36(54-6)35(53-5)17-25(26)41(46)45(42,43)44(48,24-12-14-32(50-2)34(16-24)52-4)30-22-40(58-10)38(56-8)20-28(30)42/h11-22,47-48H,1-10H3/t42?,43-,44+,45?. The largest absolute Gasteiger partial charge is 0.493 e. The number of hydrogen-bond acceptors (Lipinski definition) is 13. The van der Waals surface area contributed by atoms with E-state index in [2.05, 4.69) is 0 Å². The van der Waals surface area contributed by atoms with Gasteiger partial charge < -0.3 is 57.6 Å². The fourth-order valence-corrected chi connectivity index (χ4v) is 10.2. The molecule has 0 spiro atoms. The zero-order chi connectivity index (χ0) is 41.5. The Kier molecular flexibility index (Phi) is 8.90. The zero-order valence-corrected chi connectivity index (χ0v) is 33.8. The Morgan fingerprint density at radius 3 is 1.00 bits per heavy atom. The first kappa shape index (κ1) is 38.6. The van der Waals surface area contributed by atoms with E-state index in [4.69, 9.17) is 47.4 Å². The summed E-state index contributed by atoms with van der Waals surface area (Å²) in [5, 5.41) is 29.2. The summed E-state index contributed by atoms with van der Waals surface area (Å²) in [6.45, 7) is 0. The van der Waals surface area contributed by atoms with E-state index >= 15 is 4.79 Å². The van der Waals surface area contributed by atoms with Crippen LogP contribution in [0.15, 0.2) is 72.8 Å². The number of carbonyl (C=O) groups is 1. The Morgan fingerprint density at radius 1 is 0.362 bits per heavy atom. The van der Waals surface area contributed by atoms with Gasteiger partial charge in [-0.3, -0.25) is 4.79 Å². The molecular weight excluding hydrogens is 748 g/mol. The summed E-state index contributed by atoms with van der Waals surface area (Å²) in [5.74, 6) is 2.42. The predicted molar refractivity (Wildman–Crippen MR) is 210 cm³/mol. The maximum atomic E-state index is 16.6. The molecule has 2 unspecified atom stereocenters. The summed E-state index contributed by atoms with van der Waals surface area (Å²) < 4.78 is 58.2. The monoisotopic (exact) mass is 792 g/mol. The molecule has 4 atom stereocenters. The minimum Gasteiger partial charge on any atom is -0.493 e. The van der Waals surface area contributed by atoms with E-state index in [0.717, 1.165) is 0 Å². The van der Waals surface area contributed by atoms with Crippen LogP contribution in [0.5, 0.6) is 57.5 Å². The van der Waals surface area contributed by atoms with Crippen molar-refractivity contribution in [3.63, 3.8) is 0 Å². The number of benzene rings is 5. The number of carbonyl (C=O) groups excluding carboxylic acids is 1. The Hall–Kier alpha value is -6.31. The van der Waals surface area contributed by atoms with Crippen molar-refractivity contribution in [3.05, 3.63) is 117 Å². The molecule has 0 aliphatic heterocycles. The van der Waals surface area contributed by atoms with Crippen LogP contribution >= 0.6 is 0 Å². The molecule has 13 heteroatoms. The van der Waals surface area contributed by atoms with Crippen molar-refractivity contribution in [2.75, 3.05) is 71.1 Å². The second-order valence-electron chi connectivity index (χ2n) is 14.1. The van der Waals surface area contributed by atoms with Gasteiger partial charge in [0, 0.05) is 5.56 Å². The van der Waals surface area contributed by atoms with Crippen LogP contribution in [0.25, 0.3) is 0 Å². The average molecular weight is 793 g/mol. The van der Waals surface area contributed by atoms with Crippen LogP contribution in [0.3, 0.4) is 0 Å². The molecule has 8 rings (SSSR count). The van der Waals surface area contributed by atoms with Gasteiger partial charge in [-0.2, -0.15) is 0 Å². The molecule has 0 saturated heterocycles. The van der Waals surface area contributed by atoms with Crippen LogP contribution in [0, 0.1) is 5.41 Å². The predicted octanol–water partition coefficient (Wildman–Crippen LogP) is 5.79. The third-order valence-corrected chi connectivity index (χ3v) is 12.4. The molecule has 5 aromatic carbocycles. The highest BCUT2D eigenvalue weighted by molar-refractivity contribution is 6.15. The Bertz CT molecular complexity index is 2380. The number of fused-ring (bicyclic) bond motifs is 3. The molecule has 3 aliphatic rings. The van der Waals surface area contributed by atoms with Gasteiger partial charge in [-0.1, -0.05) is 12.1 Å². The van der Waals surface area contributed by atoms with Crippen LogP contribution in [0.1, 0.15) is 49.3 Å². The molecule has 5 aromatic rings. The van der Waals surface area contributed by atoms with Crippen LogP contribution in [0.2, 0.25) is 0 Å². The van der Waals surface area contributed by atoms with E-state index < -0.39 is 27.8 Å². The number of hydrogen-bond donors (Lipinski definition) is 2.